The number of rotatable bonds is 4. The van der Waals surface area contributed by atoms with Gasteiger partial charge in [-0.1, -0.05) is 29.8 Å². The van der Waals surface area contributed by atoms with Crippen molar-refractivity contribution in [2.75, 3.05) is 11.9 Å². The zero-order valence-electron chi connectivity index (χ0n) is 11.9. The minimum atomic E-state index is -0.856. The summed E-state index contributed by atoms with van der Waals surface area (Å²) in [4.78, 5) is 3.92. The molecule has 118 valence electrons. The zero-order valence-corrected chi connectivity index (χ0v) is 12.7. The molecule has 23 heavy (non-hydrogen) atoms. The highest BCUT2D eigenvalue weighted by Crippen LogP contribution is 2.27. The predicted octanol–water partition coefficient (Wildman–Crippen LogP) is 4.31. The first kappa shape index (κ1) is 15.6. The summed E-state index contributed by atoms with van der Waals surface area (Å²) in [5.74, 6) is -1.41. The van der Waals surface area contributed by atoms with E-state index in [0.717, 1.165) is 6.07 Å². The number of aliphatic hydroxyl groups is 1. The Bertz CT molecular complexity index is 857. The monoisotopic (exact) mass is 334 g/mol. The normalized spacial score (nSPS) is 12.3. The van der Waals surface area contributed by atoms with E-state index < -0.39 is 17.7 Å². The van der Waals surface area contributed by atoms with Crippen molar-refractivity contribution < 1.29 is 13.9 Å². The Hall–Kier alpha value is -2.24. The van der Waals surface area contributed by atoms with Crippen LogP contribution in [0.4, 0.5) is 14.5 Å². The number of hydrogen-bond acceptors (Lipinski definition) is 3. The van der Waals surface area contributed by atoms with Gasteiger partial charge >= 0.3 is 0 Å². The Labute approximate surface area is 136 Å². The van der Waals surface area contributed by atoms with Crippen molar-refractivity contribution in [1.82, 2.24) is 4.98 Å². The summed E-state index contributed by atoms with van der Waals surface area (Å²) in [6, 6.07) is 10.5. The second-order valence-corrected chi connectivity index (χ2v) is 5.47. The molecule has 3 rings (SSSR count). The fourth-order valence-corrected chi connectivity index (χ4v) is 2.66. The molecule has 1 heterocycles. The van der Waals surface area contributed by atoms with Crippen molar-refractivity contribution in [3.8, 4) is 0 Å². The fraction of sp³-hybridized carbons (Fsp3) is 0.118. The molecule has 6 heteroatoms. The standard InChI is InChI=1S/C17H13ClF2N2O/c18-13-4-2-1-3-11(13)16(23)9-22-15-5-6-21-17-12(15)7-10(19)8-14(17)20/h1-8,16,23H,9H2,(H,21,22). The number of nitrogens with one attached hydrogen (secondary N) is 1. The van der Waals surface area contributed by atoms with E-state index >= 15 is 0 Å². The van der Waals surface area contributed by atoms with Crippen LogP contribution in [-0.4, -0.2) is 16.6 Å². The molecular weight excluding hydrogens is 322 g/mol. The molecule has 0 saturated heterocycles. The number of halogens is 3. The number of benzene rings is 2. The van der Waals surface area contributed by atoms with Gasteiger partial charge < -0.3 is 10.4 Å². The summed E-state index contributed by atoms with van der Waals surface area (Å²) in [7, 11) is 0. The summed E-state index contributed by atoms with van der Waals surface area (Å²) >= 11 is 6.04. The molecule has 2 aromatic carbocycles. The van der Waals surface area contributed by atoms with Crippen LogP contribution < -0.4 is 5.32 Å². The average molecular weight is 335 g/mol. The van der Waals surface area contributed by atoms with Crippen molar-refractivity contribution in [2.24, 2.45) is 0 Å². The lowest BCUT2D eigenvalue weighted by Crippen LogP contribution is -2.13. The van der Waals surface area contributed by atoms with Gasteiger partial charge in [-0.2, -0.15) is 0 Å². The maximum Gasteiger partial charge on any atom is 0.152 e. The van der Waals surface area contributed by atoms with Gasteiger partial charge in [-0.05, 0) is 18.2 Å². The van der Waals surface area contributed by atoms with Crippen LogP contribution in [0, 0.1) is 11.6 Å². The van der Waals surface area contributed by atoms with E-state index in [9.17, 15) is 13.9 Å². The van der Waals surface area contributed by atoms with E-state index in [2.05, 4.69) is 10.3 Å². The van der Waals surface area contributed by atoms with Crippen LogP contribution in [0.25, 0.3) is 10.9 Å². The van der Waals surface area contributed by atoms with E-state index in [-0.39, 0.29) is 12.1 Å². The topological polar surface area (TPSA) is 45.1 Å². The maximum absolute atomic E-state index is 13.7. The molecule has 1 aromatic heterocycles. The highest BCUT2D eigenvalue weighted by molar-refractivity contribution is 6.31. The number of aliphatic hydroxyl groups excluding tert-OH is 1. The smallest absolute Gasteiger partial charge is 0.152 e. The van der Waals surface area contributed by atoms with Crippen molar-refractivity contribution in [3.63, 3.8) is 0 Å². The van der Waals surface area contributed by atoms with Crippen molar-refractivity contribution in [2.45, 2.75) is 6.10 Å². The van der Waals surface area contributed by atoms with E-state index in [1.54, 1.807) is 30.3 Å². The van der Waals surface area contributed by atoms with E-state index in [0.29, 0.717) is 21.7 Å². The van der Waals surface area contributed by atoms with Gasteiger partial charge in [0.1, 0.15) is 11.3 Å². The van der Waals surface area contributed by atoms with Gasteiger partial charge in [0.2, 0.25) is 0 Å². The maximum atomic E-state index is 13.7. The molecule has 1 unspecified atom stereocenters. The molecule has 2 N–H and O–H groups in total. The van der Waals surface area contributed by atoms with Crippen LogP contribution in [0.2, 0.25) is 5.02 Å². The first-order valence-corrected chi connectivity index (χ1v) is 7.34. The first-order valence-electron chi connectivity index (χ1n) is 6.96. The Kier molecular flexibility index (Phi) is 4.41. The van der Waals surface area contributed by atoms with Gasteiger partial charge in [0.15, 0.2) is 5.82 Å². The molecule has 0 amide bonds. The Morgan fingerprint density at radius 2 is 1.96 bits per heavy atom. The second-order valence-electron chi connectivity index (χ2n) is 5.06. The van der Waals surface area contributed by atoms with Crippen LogP contribution in [0.15, 0.2) is 48.7 Å². The second kappa shape index (κ2) is 6.48. The molecule has 0 aliphatic rings. The van der Waals surface area contributed by atoms with Crippen molar-refractivity contribution in [3.05, 3.63) is 70.9 Å². The summed E-state index contributed by atoms with van der Waals surface area (Å²) in [5, 5.41) is 14.0. The third kappa shape index (κ3) is 3.25. The lowest BCUT2D eigenvalue weighted by Gasteiger charge is -2.15. The van der Waals surface area contributed by atoms with E-state index in [1.807, 2.05) is 0 Å². The zero-order chi connectivity index (χ0) is 16.4. The Balaban J connectivity index is 1.86. The van der Waals surface area contributed by atoms with Crippen LogP contribution >= 0.6 is 11.6 Å². The van der Waals surface area contributed by atoms with Crippen LogP contribution in [0.5, 0.6) is 0 Å². The fourth-order valence-electron chi connectivity index (χ4n) is 2.39. The van der Waals surface area contributed by atoms with Crippen LogP contribution in [0.1, 0.15) is 11.7 Å². The molecule has 0 spiro atoms. The third-order valence-corrected chi connectivity index (χ3v) is 3.86. The summed E-state index contributed by atoms with van der Waals surface area (Å²) < 4.78 is 27.2. The highest BCUT2D eigenvalue weighted by Gasteiger charge is 2.13. The number of fused-ring (bicyclic) bond motifs is 1. The number of aromatic nitrogens is 1. The highest BCUT2D eigenvalue weighted by atomic mass is 35.5. The van der Waals surface area contributed by atoms with Crippen molar-refractivity contribution in [1.29, 1.82) is 0 Å². The minimum Gasteiger partial charge on any atom is -0.387 e. The Morgan fingerprint density at radius 1 is 1.17 bits per heavy atom. The number of pyridine rings is 1. The predicted molar refractivity (Wildman–Crippen MR) is 86.6 cm³/mol. The van der Waals surface area contributed by atoms with Gasteiger partial charge in [-0.15, -0.1) is 0 Å². The van der Waals surface area contributed by atoms with Gasteiger partial charge in [-0.3, -0.25) is 4.98 Å². The van der Waals surface area contributed by atoms with Gasteiger partial charge in [0.05, 0.1) is 6.10 Å². The molecule has 0 bridgehead atoms. The Morgan fingerprint density at radius 3 is 2.74 bits per heavy atom. The molecule has 3 nitrogen and oxygen atoms in total. The van der Waals surface area contributed by atoms with Crippen LogP contribution in [-0.2, 0) is 0 Å². The molecule has 0 aliphatic heterocycles. The average Bonchev–Trinajstić information content (AvgIpc) is 2.53. The number of anilines is 1. The van der Waals surface area contributed by atoms with E-state index in [4.69, 9.17) is 11.6 Å². The van der Waals surface area contributed by atoms with Crippen molar-refractivity contribution >= 4 is 28.2 Å². The molecule has 0 saturated carbocycles. The summed E-state index contributed by atoms with van der Waals surface area (Å²) in [6.07, 6.45) is 0.568. The van der Waals surface area contributed by atoms with Gasteiger partial charge in [0, 0.05) is 40.5 Å². The molecule has 3 aromatic rings. The quantitative estimate of drug-likeness (QED) is 0.747. The molecular formula is C17H13ClF2N2O. The van der Waals surface area contributed by atoms with Gasteiger partial charge in [-0.25, -0.2) is 8.78 Å². The van der Waals surface area contributed by atoms with E-state index in [1.165, 1.54) is 12.3 Å². The SMILES string of the molecule is OC(CNc1ccnc2c(F)cc(F)cc12)c1ccccc1Cl. The number of hydrogen-bond donors (Lipinski definition) is 2. The molecule has 1 atom stereocenters. The molecule has 0 aliphatic carbocycles. The lowest BCUT2D eigenvalue weighted by atomic mass is 10.1. The molecule has 0 fully saturated rings. The third-order valence-electron chi connectivity index (χ3n) is 3.51. The van der Waals surface area contributed by atoms with Gasteiger partial charge in [0.25, 0.3) is 0 Å². The lowest BCUT2D eigenvalue weighted by molar-refractivity contribution is 0.192. The summed E-state index contributed by atoms with van der Waals surface area (Å²) in [5.41, 5.74) is 1.14. The number of nitrogens with zero attached hydrogens (tertiary/aromatic N) is 1. The molecule has 0 radical (unpaired) electrons. The van der Waals surface area contributed by atoms with Crippen LogP contribution in [0.3, 0.4) is 0 Å². The largest absolute Gasteiger partial charge is 0.387 e. The minimum absolute atomic E-state index is 0.0728. The first-order chi connectivity index (χ1) is 11.1. The summed E-state index contributed by atoms with van der Waals surface area (Å²) in [6.45, 7) is 0.140.